The standard InChI is InChI=1S/C25H20FN5O3/c1-3-19-21(15-5-9-17(26)10-6-15)23-28-27-22-20(31(23)29-19)13-14-30(24(22)32)18-11-7-16(8-12-18)25(33)34-4-2/h5-14H,3-4H2,1-2H3. The Morgan fingerprint density at radius 1 is 1.00 bits per heavy atom. The van der Waals surface area contributed by atoms with Crippen molar-refractivity contribution >= 4 is 22.6 Å². The van der Waals surface area contributed by atoms with Crippen molar-refractivity contribution in [3.05, 3.63) is 88.2 Å². The fourth-order valence-corrected chi connectivity index (χ4v) is 3.93. The molecule has 0 amide bonds. The quantitative estimate of drug-likeness (QED) is 0.371. The molecule has 0 aliphatic rings. The average molecular weight is 457 g/mol. The first-order chi connectivity index (χ1) is 16.5. The lowest BCUT2D eigenvalue weighted by molar-refractivity contribution is 0.0526. The average Bonchev–Trinajstić information content (AvgIpc) is 3.24. The van der Waals surface area contributed by atoms with Gasteiger partial charge in [-0.1, -0.05) is 19.1 Å². The molecule has 0 N–H and O–H groups in total. The maximum atomic E-state index is 13.4. The van der Waals surface area contributed by atoms with Crippen LogP contribution in [0.3, 0.4) is 0 Å². The normalized spacial score (nSPS) is 11.3. The first-order valence-electron chi connectivity index (χ1n) is 10.8. The number of carbonyl (C=O) groups excluding carboxylic acids is 1. The van der Waals surface area contributed by atoms with Crippen LogP contribution in [0.4, 0.5) is 4.39 Å². The molecule has 0 aliphatic carbocycles. The highest BCUT2D eigenvalue weighted by Crippen LogP contribution is 2.29. The molecule has 3 aromatic heterocycles. The minimum atomic E-state index is -0.421. The van der Waals surface area contributed by atoms with E-state index in [-0.39, 0.29) is 23.5 Å². The number of hydrogen-bond donors (Lipinski definition) is 0. The molecular weight excluding hydrogens is 437 g/mol. The van der Waals surface area contributed by atoms with Crippen LogP contribution in [0.15, 0.2) is 65.6 Å². The number of fused-ring (bicyclic) bond motifs is 3. The van der Waals surface area contributed by atoms with E-state index in [0.29, 0.717) is 28.8 Å². The minimum absolute atomic E-state index is 0.153. The molecule has 0 fully saturated rings. The number of halogens is 1. The molecule has 0 saturated heterocycles. The molecule has 0 spiro atoms. The summed E-state index contributed by atoms with van der Waals surface area (Å²) in [7, 11) is 0. The Morgan fingerprint density at radius 3 is 2.41 bits per heavy atom. The van der Waals surface area contributed by atoms with Crippen molar-refractivity contribution in [1.82, 2.24) is 24.4 Å². The molecule has 0 atom stereocenters. The number of rotatable bonds is 5. The number of pyridine rings is 1. The Hall–Kier alpha value is -4.40. The van der Waals surface area contributed by atoms with Gasteiger partial charge in [0.2, 0.25) is 0 Å². The van der Waals surface area contributed by atoms with Crippen LogP contribution < -0.4 is 5.56 Å². The summed E-state index contributed by atoms with van der Waals surface area (Å²) >= 11 is 0. The van der Waals surface area contributed by atoms with Gasteiger partial charge in [0, 0.05) is 11.9 Å². The number of carbonyl (C=O) groups is 1. The van der Waals surface area contributed by atoms with Crippen molar-refractivity contribution in [2.45, 2.75) is 20.3 Å². The van der Waals surface area contributed by atoms with Crippen LogP contribution in [0.2, 0.25) is 0 Å². The van der Waals surface area contributed by atoms with E-state index in [2.05, 4.69) is 15.3 Å². The van der Waals surface area contributed by atoms with Crippen LogP contribution in [0.25, 0.3) is 33.5 Å². The van der Waals surface area contributed by atoms with Gasteiger partial charge in [0.25, 0.3) is 5.56 Å². The molecule has 170 valence electrons. The molecule has 8 nitrogen and oxygen atoms in total. The molecule has 5 rings (SSSR count). The van der Waals surface area contributed by atoms with Gasteiger partial charge in [0.05, 0.1) is 23.4 Å². The fraction of sp³-hybridized carbons (Fsp3) is 0.160. The zero-order chi connectivity index (χ0) is 23.8. The second-order valence-electron chi connectivity index (χ2n) is 7.61. The molecule has 0 saturated carbocycles. The third-order valence-electron chi connectivity index (χ3n) is 5.58. The highest BCUT2D eigenvalue weighted by Gasteiger charge is 2.19. The van der Waals surface area contributed by atoms with Gasteiger partial charge in [-0.3, -0.25) is 9.36 Å². The third kappa shape index (κ3) is 3.51. The number of hydrogen-bond acceptors (Lipinski definition) is 6. The lowest BCUT2D eigenvalue weighted by atomic mass is 10.0. The Labute approximate surface area is 193 Å². The molecule has 0 unspecified atom stereocenters. The van der Waals surface area contributed by atoms with E-state index in [1.165, 1.54) is 16.7 Å². The second-order valence-corrected chi connectivity index (χ2v) is 7.61. The van der Waals surface area contributed by atoms with Crippen LogP contribution in [0.5, 0.6) is 0 Å². The number of esters is 1. The van der Waals surface area contributed by atoms with E-state index in [0.717, 1.165) is 16.8 Å². The summed E-state index contributed by atoms with van der Waals surface area (Å²) in [5.74, 6) is -0.749. The Balaban J connectivity index is 1.64. The number of aryl methyl sites for hydroxylation is 1. The summed E-state index contributed by atoms with van der Waals surface area (Å²) < 4.78 is 21.5. The fourth-order valence-electron chi connectivity index (χ4n) is 3.93. The van der Waals surface area contributed by atoms with Gasteiger partial charge < -0.3 is 4.74 Å². The summed E-state index contributed by atoms with van der Waals surface area (Å²) in [5, 5.41) is 13.2. The molecular formula is C25H20FN5O3. The molecule has 2 aromatic carbocycles. The first kappa shape index (κ1) is 21.4. The van der Waals surface area contributed by atoms with Crippen LogP contribution >= 0.6 is 0 Å². The monoisotopic (exact) mass is 457 g/mol. The number of aromatic nitrogens is 5. The van der Waals surface area contributed by atoms with Crippen molar-refractivity contribution in [1.29, 1.82) is 0 Å². The number of nitrogens with zero attached hydrogens (tertiary/aromatic N) is 5. The Bertz CT molecular complexity index is 1590. The maximum absolute atomic E-state index is 13.4. The SMILES string of the molecule is CCOC(=O)c1ccc(-n2ccc3c(nnc4c(-c5ccc(F)cc5)c(CC)nn43)c2=O)cc1. The summed E-state index contributed by atoms with van der Waals surface area (Å²) in [6.45, 7) is 4.00. The molecule has 3 heterocycles. The third-order valence-corrected chi connectivity index (χ3v) is 5.58. The van der Waals surface area contributed by atoms with Gasteiger partial charge in [-0.25, -0.2) is 13.7 Å². The minimum Gasteiger partial charge on any atom is -0.462 e. The van der Waals surface area contributed by atoms with Crippen molar-refractivity contribution < 1.29 is 13.9 Å². The molecule has 9 heteroatoms. The van der Waals surface area contributed by atoms with E-state index in [4.69, 9.17) is 4.74 Å². The summed E-state index contributed by atoms with van der Waals surface area (Å²) in [6, 6.07) is 14.4. The van der Waals surface area contributed by atoms with Crippen molar-refractivity contribution in [3.63, 3.8) is 0 Å². The van der Waals surface area contributed by atoms with Gasteiger partial charge in [-0.2, -0.15) is 5.10 Å². The van der Waals surface area contributed by atoms with Gasteiger partial charge in [0.15, 0.2) is 11.2 Å². The highest BCUT2D eigenvalue weighted by atomic mass is 19.1. The van der Waals surface area contributed by atoms with E-state index in [9.17, 15) is 14.0 Å². The molecule has 34 heavy (non-hydrogen) atoms. The smallest absolute Gasteiger partial charge is 0.338 e. The van der Waals surface area contributed by atoms with Gasteiger partial charge in [-0.05, 0) is 61.4 Å². The van der Waals surface area contributed by atoms with E-state index >= 15 is 0 Å². The van der Waals surface area contributed by atoms with Gasteiger partial charge in [0.1, 0.15) is 11.3 Å². The number of ether oxygens (including phenoxy) is 1. The molecule has 0 radical (unpaired) electrons. The van der Waals surface area contributed by atoms with E-state index < -0.39 is 5.97 Å². The highest BCUT2D eigenvalue weighted by molar-refractivity contribution is 5.89. The largest absolute Gasteiger partial charge is 0.462 e. The molecule has 0 bridgehead atoms. The van der Waals surface area contributed by atoms with E-state index in [1.54, 1.807) is 60.1 Å². The Morgan fingerprint density at radius 2 is 1.74 bits per heavy atom. The lowest BCUT2D eigenvalue weighted by Crippen LogP contribution is -2.20. The first-order valence-corrected chi connectivity index (χ1v) is 10.8. The van der Waals surface area contributed by atoms with Crippen LogP contribution in [-0.4, -0.2) is 37.0 Å². The molecule has 0 aliphatic heterocycles. The Kier molecular flexibility index (Phi) is 5.37. The van der Waals surface area contributed by atoms with Crippen LogP contribution in [-0.2, 0) is 11.2 Å². The summed E-state index contributed by atoms with van der Waals surface area (Å²) in [6.07, 6.45) is 2.26. The predicted octanol–water partition coefficient (Wildman–Crippen LogP) is 3.97. The van der Waals surface area contributed by atoms with Gasteiger partial charge in [-0.15, -0.1) is 10.2 Å². The zero-order valence-corrected chi connectivity index (χ0v) is 18.5. The van der Waals surface area contributed by atoms with Gasteiger partial charge >= 0.3 is 5.97 Å². The van der Waals surface area contributed by atoms with Crippen LogP contribution in [0, 0.1) is 5.82 Å². The number of benzene rings is 2. The van der Waals surface area contributed by atoms with Crippen molar-refractivity contribution in [3.8, 4) is 16.8 Å². The predicted molar refractivity (Wildman–Crippen MR) is 125 cm³/mol. The maximum Gasteiger partial charge on any atom is 0.338 e. The van der Waals surface area contributed by atoms with E-state index in [1.807, 2.05) is 6.92 Å². The van der Waals surface area contributed by atoms with Crippen LogP contribution in [0.1, 0.15) is 29.9 Å². The van der Waals surface area contributed by atoms with Crippen molar-refractivity contribution in [2.75, 3.05) is 6.61 Å². The lowest BCUT2D eigenvalue weighted by Gasteiger charge is -2.08. The summed E-state index contributed by atoms with van der Waals surface area (Å²) in [4.78, 5) is 25.1. The summed E-state index contributed by atoms with van der Waals surface area (Å²) in [5.41, 5.74) is 4.07. The van der Waals surface area contributed by atoms with Crippen molar-refractivity contribution in [2.24, 2.45) is 0 Å². The topological polar surface area (TPSA) is 91.4 Å². The second kappa shape index (κ2) is 8.51. The molecule has 5 aromatic rings. The zero-order valence-electron chi connectivity index (χ0n) is 18.5.